The summed E-state index contributed by atoms with van der Waals surface area (Å²) in [5.41, 5.74) is 30.5. The highest BCUT2D eigenvalue weighted by molar-refractivity contribution is 5.98. The number of ketones is 3. The minimum atomic E-state index is -0.562. The summed E-state index contributed by atoms with van der Waals surface area (Å²) in [6.07, 6.45) is 18.7. The third-order valence-electron chi connectivity index (χ3n) is 17.3. The van der Waals surface area contributed by atoms with Crippen molar-refractivity contribution < 1.29 is 47.8 Å². The fraction of sp³-hybridized carbons (Fsp3) is 0.429. The van der Waals surface area contributed by atoms with Crippen LogP contribution in [0, 0.1) is 17.8 Å². The van der Waals surface area contributed by atoms with E-state index in [1.165, 1.54) is 23.3 Å². The molecule has 20 nitrogen and oxygen atoms in total. The number of hydrogen-bond donors (Lipinski definition) is 5. The van der Waals surface area contributed by atoms with Gasteiger partial charge < -0.3 is 36.9 Å². The minimum absolute atomic E-state index is 0.00960. The number of benzene rings is 4. The molecule has 7 N–H and O–H groups in total. The van der Waals surface area contributed by atoms with Gasteiger partial charge in [-0.25, -0.2) is 0 Å². The Labute approximate surface area is 569 Å². The highest BCUT2D eigenvalue weighted by Crippen LogP contribution is 2.43. The largest absolute Gasteiger partial charge is 0.494 e. The van der Waals surface area contributed by atoms with Gasteiger partial charge in [-0.15, -0.1) is 0 Å². The van der Waals surface area contributed by atoms with E-state index in [4.69, 9.17) is 20.7 Å². The van der Waals surface area contributed by atoms with Crippen LogP contribution in [0.25, 0.3) is 55.0 Å². The number of rotatable bonds is 38. The number of amides is 5. The van der Waals surface area contributed by atoms with E-state index in [0.29, 0.717) is 76.8 Å². The summed E-state index contributed by atoms with van der Waals surface area (Å²) in [7, 11) is 0. The van der Waals surface area contributed by atoms with Crippen LogP contribution in [0.1, 0.15) is 152 Å². The van der Waals surface area contributed by atoms with Crippen molar-refractivity contribution in [3.8, 4) is 56.0 Å². The maximum atomic E-state index is 13.5. The van der Waals surface area contributed by atoms with E-state index in [0.717, 1.165) is 145 Å². The number of nitrogens with zero attached hydrogens (tertiary/aromatic N) is 3. The molecule has 0 aromatic heterocycles. The predicted octanol–water partition coefficient (Wildman–Crippen LogP) is 11.9. The Morgan fingerprint density at radius 1 is 0.526 bits per heavy atom. The zero-order valence-electron chi connectivity index (χ0n) is 56.7. The molecule has 5 amide bonds. The fourth-order valence-corrected chi connectivity index (χ4v) is 11.6. The number of primary amides is 2. The SMILES string of the molecule is C=CC(=O)CCCCCCCC(=O)CN=[N+]=[N-].C=CC(=O)CCCOc1ccc2c(c1)CCc1ccccc1-c1c-2c1=O.C=CC(N)=O.CCC(=O)NCCCCCNC(=O)C(CC)CC(CC(CC)C(N)=O)C(=O)NCCOc1ccc2c(c1)CCc1ccccc1-c1c-2c1=O. The van der Waals surface area contributed by atoms with Crippen molar-refractivity contribution >= 4 is 46.9 Å². The number of aryl methyl sites for hydroxylation is 4. The third-order valence-corrected chi connectivity index (χ3v) is 17.3. The summed E-state index contributed by atoms with van der Waals surface area (Å²) in [5.74, 6) is -1.06. The highest BCUT2D eigenvalue weighted by atomic mass is 16.5. The molecule has 3 unspecified atom stereocenters. The lowest BCUT2D eigenvalue weighted by molar-refractivity contribution is -0.130. The molecule has 0 bridgehead atoms. The molecule has 0 spiro atoms. The number of hydrogen-bond acceptors (Lipinski definition) is 13. The van der Waals surface area contributed by atoms with Crippen molar-refractivity contribution in [2.75, 3.05) is 39.4 Å². The monoisotopic (exact) mass is 1320 g/mol. The summed E-state index contributed by atoms with van der Waals surface area (Å²) < 4.78 is 11.8. The molecular weight excluding hydrogens is 1230 g/mol. The first-order valence-corrected chi connectivity index (χ1v) is 34.0. The van der Waals surface area contributed by atoms with Gasteiger partial charge in [0.25, 0.3) is 0 Å². The van der Waals surface area contributed by atoms with Crippen LogP contribution in [0.4, 0.5) is 0 Å². The van der Waals surface area contributed by atoms with Gasteiger partial charge in [0.05, 0.1) is 19.7 Å². The molecule has 0 saturated heterocycles. The van der Waals surface area contributed by atoms with E-state index in [1.54, 1.807) is 0 Å². The van der Waals surface area contributed by atoms with Gasteiger partial charge in [0.15, 0.2) is 22.4 Å². The zero-order chi connectivity index (χ0) is 70.7. The third kappa shape index (κ3) is 25.7. The van der Waals surface area contributed by atoms with E-state index < -0.39 is 23.7 Å². The number of allylic oxidation sites excluding steroid dienone is 2. The average molecular weight is 1330 g/mol. The van der Waals surface area contributed by atoms with E-state index in [9.17, 15) is 47.9 Å². The van der Waals surface area contributed by atoms with Gasteiger partial charge in [-0.05, 0) is 182 Å². The molecule has 6 aromatic carbocycles. The lowest BCUT2D eigenvalue weighted by Crippen LogP contribution is -2.39. The van der Waals surface area contributed by atoms with Crippen molar-refractivity contribution in [3.63, 3.8) is 0 Å². The van der Waals surface area contributed by atoms with Gasteiger partial charge in [0.2, 0.25) is 29.5 Å². The van der Waals surface area contributed by atoms with E-state index >= 15 is 0 Å². The molecule has 516 valence electrons. The second-order valence-electron chi connectivity index (χ2n) is 24.2. The average Bonchev–Trinajstić information content (AvgIpc) is 1.58. The molecule has 20 heteroatoms. The van der Waals surface area contributed by atoms with E-state index in [-0.39, 0.29) is 78.0 Å². The standard InChI is InChI=1S/C39H52N4O6.C23H20O3.C12H19N3O2.C3H5NO/c1-4-25(37(40)46)22-29(23-26(5-2)38(47)42-19-11-7-10-18-41-33(44)6-3)39(48)43-20-21-49-30-16-17-32-28(24-30)15-14-27-12-8-9-13-31(27)34-35(32)36(34)45;1-2-17(24)7-5-13-26-18-11-12-20-16(14-18)10-9-15-6-3-4-8-19(15)21-22(20)23(21)25;1-2-11(16)8-6-4-3-5-7-9-12(17)10-14-15-13;1-2-3(4)5/h8-9,12-13,16-17,24-26,29H,4-7,10-11,14-15,18-23H2,1-3H3,(H2,40,46)(H,41,44)(H,42,47)(H,43,48);2-4,6,8,11-12,14H,1,5,7,9-10,13H2;2H,1,3-10H2;2H,1H2,(H2,4,5). The van der Waals surface area contributed by atoms with Crippen molar-refractivity contribution in [3.05, 3.63) is 176 Å². The van der Waals surface area contributed by atoms with Crippen LogP contribution in [-0.4, -0.2) is 86.3 Å². The first-order valence-electron chi connectivity index (χ1n) is 34.0. The van der Waals surface area contributed by atoms with Crippen LogP contribution in [0.15, 0.2) is 138 Å². The highest BCUT2D eigenvalue weighted by Gasteiger charge is 2.33. The number of nitrogens with two attached hydrogens (primary N) is 2. The molecule has 6 aromatic rings. The lowest BCUT2D eigenvalue weighted by Gasteiger charge is -2.24. The van der Waals surface area contributed by atoms with Crippen LogP contribution in [0.2, 0.25) is 0 Å². The smallest absolute Gasteiger partial charge is 0.240 e. The van der Waals surface area contributed by atoms with Crippen molar-refractivity contribution in [2.24, 2.45) is 34.3 Å². The molecule has 0 heterocycles. The van der Waals surface area contributed by atoms with Gasteiger partial charge in [0.1, 0.15) is 23.9 Å². The first-order chi connectivity index (χ1) is 46.8. The number of carbonyl (C=O) groups is 8. The molecule has 2 aliphatic rings. The van der Waals surface area contributed by atoms with Crippen LogP contribution in [-0.2, 0) is 64.0 Å². The zero-order valence-corrected chi connectivity index (χ0v) is 56.7. The Morgan fingerprint density at radius 3 is 1.45 bits per heavy atom. The van der Waals surface area contributed by atoms with Crippen LogP contribution in [0.3, 0.4) is 0 Å². The normalized spacial score (nSPS) is 12.3. The molecule has 3 atom stereocenters. The Balaban J connectivity index is 0.000000292. The lowest BCUT2D eigenvalue weighted by atomic mass is 9.83. The number of fused-ring (bicyclic) bond motifs is 10. The molecule has 0 aliphatic heterocycles. The first kappa shape index (κ1) is 77.9. The minimum Gasteiger partial charge on any atom is -0.494 e. The van der Waals surface area contributed by atoms with Crippen LogP contribution >= 0.6 is 0 Å². The molecule has 0 fully saturated rings. The van der Waals surface area contributed by atoms with Gasteiger partial charge in [-0.3, -0.25) is 47.9 Å². The number of ether oxygens (including phenoxy) is 2. The molecule has 0 saturated carbocycles. The van der Waals surface area contributed by atoms with Gasteiger partial charge in [-0.2, -0.15) is 0 Å². The number of azide groups is 1. The van der Waals surface area contributed by atoms with Gasteiger partial charge in [0, 0.05) is 83.7 Å². The summed E-state index contributed by atoms with van der Waals surface area (Å²) in [4.78, 5) is 120. The predicted molar refractivity (Wildman–Crippen MR) is 381 cm³/mol. The van der Waals surface area contributed by atoms with Crippen molar-refractivity contribution in [1.29, 1.82) is 0 Å². The fourth-order valence-electron chi connectivity index (χ4n) is 11.6. The van der Waals surface area contributed by atoms with Crippen LogP contribution < -0.4 is 47.7 Å². The Bertz CT molecular complexity index is 3750. The second kappa shape index (κ2) is 41.9. The van der Waals surface area contributed by atoms with E-state index in [2.05, 4.69) is 63.6 Å². The Kier molecular flexibility index (Phi) is 33.6. The summed E-state index contributed by atoms with van der Waals surface area (Å²) in [6.45, 7) is 17.7. The molecule has 2 aliphatic carbocycles. The van der Waals surface area contributed by atoms with Gasteiger partial charge >= 0.3 is 0 Å². The topological polar surface area (TPSA) is 326 Å². The van der Waals surface area contributed by atoms with Crippen LogP contribution in [0.5, 0.6) is 11.5 Å². The maximum absolute atomic E-state index is 13.5. The summed E-state index contributed by atoms with van der Waals surface area (Å²) >= 11 is 0. The number of carbonyl (C=O) groups excluding carboxylic acids is 8. The molecule has 97 heavy (non-hydrogen) atoms. The van der Waals surface area contributed by atoms with Crippen molar-refractivity contribution in [1.82, 2.24) is 16.0 Å². The summed E-state index contributed by atoms with van der Waals surface area (Å²) in [6, 6.07) is 28.0. The summed E-state index contributed by atoms with van der Waals surface area (Å²) in [5, 5.41) is 12.0. The maximum Gasteiger partial charge on any atom is 0.240 e. The Morgan fingerprint density at radius 2 is 0.959 bits per heavy atom. The molecule has 8 rings (SSSR count). The Hall–Kier alpha value is -9.81. The number of Topliss-reactive ketones (excluding diaryl/α,β-unsaturated/α-hetero) is 1. The number of nitrogens with one attached hydrogen (secondary N) is 3. The molecular formula is C77H96N8O12. The quantitative estimate of drug-likeness (QED) is 0.00794. The van der Waals surface area contributed by atoms with Gasteiger partial charge in [-0.1, -0.05) is 126 Å². The van der Waals surface area contributed by atoms with Crippen molar-refractivity contribution in [2.45, 2.75) is 156 Å². The number of unbranched alkanes of at least 4 members (excludes halogenated alkanes) is 6. The van der Waals surface area contributed by atoms with E-state index in [1.807, 2.05) is 93.6 Å². The molecule has 0 radical (unpaired) electrons. The second-order valence-corrected chi connectivity index (χ2v) is 24.2.